The number of ether oxygens (including phenoxy) is 2. The van der Waals surface area contributed by atoms with Crippen LogP contribution in [0.4, 0.5) is 17.3 Å². The molecule has 0 amide bonds. The summed E-state index contributed by atoms with van der Waals surface area (Å²) in [4.78, 5) is 11.5. The Balaban J connectivity index is 1.26. The highest BCUT2D eigenvalue weighted by atomic mass is 32.2. The van der Waals surface area contributed by atoms with E-state index in [1.165, 1.54) is 5.69 Å². The summed E-state index contributed by atoms with van der Waals surface area (Å²) in [6.07, 6.45) is 5.61. The zero-order valence-corrected chi connectivity index (χ0v) is 21.2. The van der Waals surface area contributed by atoms with Gasteiger partial charge in [-0.1, -0.05) is 11.9 Å². The molecule has 0 unspecified atom stereocenters. The molecule has 186 valence electrons. The number of nitriles is 1. The van der Waals surface area contributed by atoms with Crippen molar-refractivity contribution in [3.63, 3.8) is 0 Å². The Kier molecular flexibility index (Phi) is 7.86. The Morgan fingerprint density at radius 2 is 1.83 bits per heavy atom. The van der Waals surface area contributed by atoms with Crippen LogP contribution in [0, 0.1) is 11.3 Å². The lowest BCUT2D eigenvalue weighted by Crippen LogP contribution is -2.43. The Hall–Kier alpha value is -3.32. The standard InChI is InChI=1S/C27H30N6O2S/c1-36-33-14-12-32(13-15-33)23-5-3-22(4-6-23)30-27-29-11-8-25(31-27)20-2-7-26(21(18-20)19-28)35-24-9-16-34-17-10-24/h2-8,11,18,24H,9-10,12-17H2,1H3,(H,29,30,31). The summed E-state index contributed by atoms with van der Waals surface area (Å²) in [5.41, 5.74) is 4.24. The second-order valence-electron chi connectivity index (χ2n) is 8.79. The highest BCUT2D eigenvalue weighted by molar-refractivity contribution is 7.96. The van der Waals surface area contributed by atoms with Gasteiger partial charge in [0.25, 0.3) is 0 Å². The van der Waals surface area contributed by atoms with Crippen molar-refractivity contribution in [2.75, 3.05) is 55.9 Å². The van der Waals surface area contributed by atoms with E-state index in [-0.39, 0.29) is 6.10 Å². The summed E-state index contributed by atoms with van der Waals surface area (Å²) >= 11 is 1.81. The average molecular weight is 503 g/mol. The van der Waals surface area contributed by atoms with Gasteiger partial charge in [0.2, 0.25) is 5.95 Å². The SMILES string of the molecule is CSN1CCN(c2ccc(Nc3nccc(-c4ccc(OC5CCOCC5)c(C#N)c4)n3)cc2)CC1. The molecule has 0 bridgehead atoms. The number of nitrogens with zero attached hydrogens (tertiary/aromatic N) is 5. The Morgan fingerprint density at radius 1 is 1.06 bits per heavy atom. The quantitative estimate of drug-likeness (QED) is 0.461. The predicted octanol–water partition coefficient (Wildman–Crippen LogP) is 4.72. The number of benzene rings is 2. The van der Waals surface area contributed by atoms with Gasteiger partial charge in [-0.15, -0.1) is 0 Å². The first-order chi connectivity index (χ1) is 17.7. The topological polar surface area (TPSA) is 86.5 Å². The third-order valence-corrected chi connectivity index (χ3v) is 7.38. The molecule has 9 heteroatoms. The van der Waals surface area contributed by atoms with Crippen molar-refractivity contribution >= 4 is 29.3 Å². The highest BCUT2D eigenvalue weighted by Crippen LogP contribution is 2.28. The van der Waals surface area contributed by atoms with Crippen LogP contribution in [0.5, 0.6) is 5.75 Å². The summed E-state index contributed by atoms with van der Waals surface area (Å²) in [5.74, 6) is 1.12. The zero-order chi connectivity index (χ0) is 24.7. The van der Waals surface area contributed by atoms with E-state index < -0.39 is 0 Å². The molecule has 2 saturated heterocycles. The second kappa shape index (κ2) is 11.6. The van der Waals surface area contributed by atoms with E-state index in [4.69, 9.17) is 9.47 Å². The Bertz CT molecular complexity index is 1200. The van der Waals surface area contributed by atoms with Gasteiger partial charge < -0.3 is 19.7 Å². The summed E-state index contributed by atoms with van der Waals surface area (Å²) in [6.45, 7) is 5.58. The van der Waals surface area contributed by atoms with Gasteiger partial charge in [-0.3, -0.25) is 0 Å². The average Bonchev–Trinajstić information content (AvgIpc) is 2.94. The molecule has 3 heterocycles. The molecule has 0 radical (unpaired) electrons. The molecule has 8 nitrogen and oxygen atoms in total. The molecule has 0 saturated carbocycles. The molecule has 0 aliphatic carbocycles. The molecular formula is C27H30N6O2S. The summed E-state index contributed by atoms with van der Waals surface area (Å²) in [6, 6.07) is 18.1. The van der Waals surface area contributed by atoms with Gasteiger partial charge in [0.15, 0.2) is 0 Å². The zero-order valence-electron chi connectivity index (χ0n) is 20.4. The maximum Gasteiger partial charge on any atom is 0.227 e. The molecule has 3 aromatic rings. The van der Waals surface area contributed by atoms with Crippen LogP contribution in [0.15, 0.2) is 54.7 Å². The van der Waals surface area contributed by atoms with E-state index in [1.54, 1.807) is 6.20 Å². The number of nitrogens with one attached hydrogen (secondary N) is 1. The minimum atomic E-state index is 0.0814. The van der Waals surface area contributed by atoms with Gasteiger partial charge in [-0.05, 0) is 54.8 Å². The fraction of sp³-hybridized carbons (Fsp3) is 0.370. The van der Waals surface area contributed by atoms with Crippen molar-refractivity contribution in [3.8, 4) is 23.1 Å². The first-order valence-corrected chi connectivity index (χ1v) is 13.4. The molecule has 1 N–H and O–H groups in total. The maximum absolute atomic E-state index is 9.70. The fourth-order valence-electron chi connectivity index (χ4n) is 4.45. The fourth-order valence-corrected chi connectivity index (χ4v) is 4.97. The molecule has 5 rings (SSSR count). The van der Waals surface area contributed by atoms with Crippen LogP contribution in [0.25, 0.3) is 11.3 Å². The molecule has 1 aromatic heterocycles. The van der Waals surface area contributed by atoms with Gasteiger partial charge >= 0.3 is 0 Å². The van der Waals surface area contributed by atoms with E-state index in [1.807, 2.05) is 36.2 Å². The second-order valence-corrected chi connectivity index (χ2v) is 9.67. The van der Waals surface area contributed by atoms with Crippen LogP contribution < -0.4 is 15.0 Å². The van der Waals surface area contributed by atoms with Crippen molar-refractivity contribution in [2.45, 2.75) is 18.9 Å². The van der Waals surface area contributed by atoms with Crippen LogP contribution in [0.2, 0.25) is 0 Å². The maximum atomic E-state index is 9.70. The van der Waals surface area contributed by atoms with E-state index >= 15 is 0 Å². The van der Waals surface area contributed by atoms with Crippen molar-refractivity contribution in [1.82, 2.24) is 14.3 Å². The van der Waals surface area contributed by atoms with Gasteiger partial charge in [0.1, 0.15) is 17.9 Å². The lowest BCUT2D eigenvalue weighted by Gasteiger charge is -2.34. The van der Waals surface area contributed by atoms with E-state index in [9.17, 15) is 5.26 Å². The third kappa shape index (κ3) is 5.90. The smallest absolute Gasteiger partial charge is 0.227 e. The molecule has 0 atom stereocenters. The molecular weight excluding hydrogens is 472 g/mol. The van der Waals surface area contributed by atoms with E-state index in [0.29, 0.717) is 30.5 Å². The Morgan fingerprint density at radius 3 is 2.56 bits per heavy atom. The van der Waals surface area contributed by atoms with E-state index in [0.717, 1.165) is 56.0 Å². The molecule has 36 heavy (non-hydrogen) atoms. The van der Waals surface area contributed by atoms with Crippen molar-refractivity contribution in [3.05, 3.63) is 60.3 Å². The molecule has 2 aromatic carbocycles. The summed E-state index contributed by atoms with van der Waals surface area (Å²) in [5, 5.41) is 13.0. The lowest BCUT2D eigenvalue weighted by molar-refractivity contribution is 0.0254. The van der Waals surface area contributed by atoms with Crippen LogP contribution in [-0.2, 0) is 4.74 Å². The van der Waals surface area contributed by atoms with Crippen molar-refractivity contribution < 1.29 is 9.47 Å². The van der Waals surface area contributed by atoms with Gasteiger partial charge in [-0.2, -0.15) is 5.26 Å². The lowest BCUT2D eigenvalue weighted by atomic mass is 10.1. The first-order valence-electron chi connectivity index (χ1n) is 12.2. The molecule has 0 spiro atoms. The largest absolute Gasteiger partial charge is 0.489 e. The highest BCUT2D eigenvalue weighted by Gasteiger charge is 2.18. The predicted molar refractivity (Wildman–Crippen MR) is 144 cm³/mol. The van der Waals surface area contributed by atoms with Crippen molar-refractivity contribution in [1.29, 1.82) is 5.26 Å². The van der Waals surface area contributed by atoms with Gasteiger partial charge in [-0.25, -0.2) is 14.3 Å². The van der Waals surface area contributed by atoms with E-state index in [2.05, 4.69) is 61.1 Å². The number of piperazine rings is 1. The Labute approximate surface area is 216 Å². The monoisotopic (exact) mass is 502 g/mol. The summed E-state index contributed by atoms with van der Waals surface area (Å²) < 4.78 is 13.9. The number of anilines is 3. The van der Waals surface area contributed by atoms with Crippen molar-refractivity contribution in [2.24, 2.45) is 0 Å². The molecule has 2 fully saturated rings. The first kappa shape index (κ1) is 24.4. The molecule has 2 aliphatic heterocycles. The normalized spacial score (nSPS) is 16.9. The minimum Gasteiger partial charge on any atom is -0.489 e. The van der Waals surface area contributed by atoms with Crippen LogP contribution in [0.3, 0.4) is 0 Å². The third-order valence-electron chi connectivity index (χ3n) is 6.50. The number of aromatic nitrogens is 2. The number of hydrogen-bond donors (Lipinski definition) is 1. The number of rotatable bonds is 7. The summed E-state index contributed by atoms with van der Waals surface area (Å²) in [7, 11) is 0. The van der Waals surface area contributed by atoms with Gasteiger partial charge in [0.05, 0.1) is 24.5 Å². The van der Waals surface area contributed by atoms with Gasteiger partial charge in [0, 0.05) is 62.2 Å². The van der Waals surface area contributed by atoms with Crippen LogP contribution in [0.1, 0.15) is 18.4 Å². The molecule has 2 aliphatic rings. The number of hydrogen-bond acceptors (Lipinski definition) is 9. The minimum absolute atomic E-state index is 0.0814. The van der Waals surface area contributed by atoms with Crippen LogP contribution in [-0.4, -0.2) is 66.0 Å². The van der Waals surface area contributed by atoms with Crippen LogP contribution >= 0.6 is 11.9 Å².